The molecule has 1 unspecified atom stereocenters. The SMILES string of the molecule is N#Cc1ccc(N2CC(S(=O)(=O)F)CC2=O)cc1Cl. The van der Waals surface area contributed by atoms with E-state index in [1.807, 2.05) is 6.07 Å². The average molecular weight is 303 g/mol. The molecule has 8 heteroatoms. The molecule has 1 aromatic rings. The fourth-order valence-corrected chi connectivity index (χ4v) is 2.76. The van der Waals surface area contributed by atoms with Gasteiger partial charge in [0.2, 0.25) is 5.91 Å². The molecule has 0 spiro atoms. The molecule has 1 heterocycles. The summed E-state index contributed by atoms with van der Waals surface area (Å²) in [6.45, 7) is -0.250. The zero-order valence-corrected chi connectivity index (χ0v) is 11.1. The van der Waals surface area contributed by atoms with Crippen molar-refractivity contribution in [1.82, 2.24) is 0 Å². The highest BCUT2D eigenvalue weighted by molar-refractivity contribution is 7.87. The maximum Gasteiger partial charge on any atom is 0.307 e. The standard InChI is InChI=1S/C11H8ClFN2O3S/c12-10-3-8(2-1-7(10)5-14)15-6-9(4-11(15)16)19(13,17)18/h1-3,9H,4,6H2. The first-order valence-electron chi connectivity index (χ1n) is 5.26. The number of nitrogens with zero attached hydrogens (tertiary/aromatic N) is 2. The molecule has 1 saturated heterocycles. The van der Waals surface area contributed by atoms with Crippen molar-refractivity contribution in [2.75, 3.05) is 11.4 Å². The third-order valence-corrected chi connectivity index (χ3v) is 4.30. The van der Waals surface area contributed by atoms with Gasteiger partial charge in [-0.15, -0.1) is 3.89 Å². The minimum absolute atomic E-state index is 0.152. The van der Waals surface area contributed by atoms with Gasteiger partial charge in [0, 0.05) is 18.7 Å². The van der Waals surface area contributed by atoms with E-state index in [1.54, 1.807) is 0 Å². The molecule has 0 aromatic heterocycles. The van der Waals surface area contributed by atoms with E-state index in [2.05, 4.69) is 0 Å². The summed E-state index contributed by atoms with van der Waals surface area (Å²) in [6, 6.07) is 6.13. The van der Waals surface area contributed by atoms with Crippen molar-refractivity contribution in [3.8, 4) is 6.07 Å². The molecule has 0 N–H and O–H groups in total. The summed E-state index contributed by atoms with van der Waals surface area (Å²) in [5.41, 5.74) is 0.590. The Morgan fingerprint density at radius 2 is 2.16 bits per heavy atom. The van der Waals surface area contributed by atoms with Crippen molar-refractivity contribution >= 4 is 33.4 Å². The van der Waals surface area contributed by atoms with Crippen molar-refractivity contribution in [1.29, 1.82) is 5.26 Å². The maximum absolute atomic E-state index is 12.9. The van der Waals surface area contributed by atoms with Crippen molar-refractivity contribution < 1.29 is 17.1 Å². The Morgan fingerprint density at radius 3 is 2.63 bits per heavy atom. The second kappa shape index (κ2) is 4.79. The molecule has 1 fully saturated rings. The largest absolute Gasteiger partial charge is 0.311 e. The van der Waals surface area contributed by atoms with E-state index < -0.39 is 27.8 Å². The van der Waals surface area contributed by atoms with Gasteiger partial charge in [0.1, 0.15) is 11.3 Å². The van der Waals surface area contributed by atoms with Crippen molar-refractivity contribution in [2.24, 2.45) is 0 Å². The summed E-state index contributed by atoms with van der Waals surface area (Å²) in [6.07, 6.45) is -0.392. The number of amides is 1. The van der Waals surface area contributed by atoms with Crippen molar-refractivity contribution in [2.45, 2.75) is 11.7 Å². The average Bonchev–Trinajstić information content (AvgIpc) is 2.71. The first-order valence-corrected chi connectivity index (χ1v) is 7.09. The van der Waals surface area contributed by atoms with Gasteiger partial charge in [-0.2, -0.15) is 13.7 Å². The van der Waals surface area contributed by atoms with E-state index in [9.17, 15) is 17.1 Å². The predicted octanol–water partition coefficient (Wildman–Crippen LogP) is 1.62. The van der Waals surface area contributed by atoms with Gasteiger partial charge in [-0.05, 0) is 18.2 Å². The Morgan fingerprint density at radius 1 is 1.47 bits per heavy atom. The molecule has 19 heavy (non-hydrogen) atoms. The highest BCUT2D eigenvalue weighted by Crippen LogP contribution is 2.29. The Balaban J connectivity index is 2.31. The molecule has 1 atom stereocenters. The summed E-state index contributed by atoms with van der Waals surface area (Å²) in [4.78, 5) is 12.8. The summed E-state index contributed by atoms with van der Waals surface area (Å²) in [5, 5.41) is 7.53. The van der Waals surface area contributed by atoms with E-state index in [-0.39, 0.29) is 17.1 Å². The first kappa shape index (κ1) is 13.8. The molecule has 1 aromatic carbocycles. The van der Waals surface area contributed by atoms with Crippen molar-refractivity contribution in [3.05, 3.63) is 28.8 Å². The lowest BCUT2D eigenvalue weighted by Gasteiger charge is -2.16. The van der Waals surface area contributed by atoms with E-state index in [0.717, 1.165) is 4.90 Å². The number of halogens is 2. The summed E-state index contributed by atoms with van der Waals surface area (Å²) < 4.78 is 34.5. The summed E-state index contributed by atoms with van der Waals surface area (Å²) in [5.74, 6) is -0.494. The number of nitriles is 1. The van der Waals surface area contributed by atoms with Gasteiger partial charge in [-0.3, -0.25) is 4.79 Å². The van der Waals surface area contributed by atoms with Gasteiger partial charge < -0.3 is 4.90 Å². The van der Waals surface area contributed by atoms with Crippen LogP contribution in [-0.2, 0) is 15.0 Å². The van der Waals surface area contributed by atoms with Crippen LogP contribution >= 0.6 is 11.6 Å². The van der Waals surface area contributed by atoms with E-state index in [1.165, 1.54) is 18.2 Å². The van der Waals surface area contributed by atoms with E-state index >= 15 is 0 Å². The molecular weight excluding hydrogens is 295 g/mol. The molecule has 2 rings (SSSR count). The summed E-state index contributed by atoms with van der Waals surface area (Å²) in [7, 11) is -4.75. The number of carbonyl (C=O) groups is 1. The third-order valence-electron chi connectivity index (χ3n) is 2.87. The van der Waals surface area contributed by atoms with Crippen LogP contribution in [-0.4, -0.2) is 26.1 Å². The lowest BCUT2D eigenvalue weighted by atomic mass is 10.2. The Hall–Kier alpha value is -1.65. The molecule has 100 valence electrons. The van der Waals surface area contributed by atoms with Crippen LogP contribution in [0.25, 0.3) is 0 Å². The van der Waals surface area contributed by atoms with E-state index in [4.69, 9.17) is 16.9 Å². The van der Waals surface area contributed by atoms with Gasteiger partial charge >= 0.3 is 10.2 Å². The fourth-order valence-electron chi connectivity index (χ4n) is 1.88. The van der Waals surface area contributed by atoms with Gasteiger partial charge in [0.05, 0.1) is 10.6 Å². The predicted molar refractivity (Wildman–Crippen MR) is 67.0 cm³/mol. The van der Waals surface area contributed by atoms with Crippen molar-refractivity contribution in [3.63, 3.8) is 0 Å². The fraction of sp³-hybridized carbons (Fsp3) is 0.273. The number of hydrogen-bond acceptors (Lipinski definition) is 4. The van der Waals surface area contributed by atoms with Gasteiger partial charge in [0.15, 0.2) is 0 Å². The number of hydrogen-bond donors (Lipinski definition) is 0. The van der Waals surface area contributed by atoms with Crippen LogP contribution in [0.15, 0.2) is 18.2 Å². The number of carbonyl (C=O) groups excluding carboxylic acids is 1. The van der Waals surface area contributed by atoms with Crippen LogP contribution in [0.4, 0.5) is 9.57 Å². The minimum Gasteiger partial charge on any atom is -0.311 e. The molecule has 1 aliphatic rings. The minimum atomic E-state index is -4.75. The highest BCUT2D eigenvalue weighted by atomic mass is 35.5. The first-order chi connectivity index (χ1) is 8.82. The lowest BCUT2D eigenvalue weighted by molar-refractivity contribution is -0.117. The molecule has 5 nitrogen and oxygen atoms in total. The van der Waals surface area contributed by atoms with Crippen LogP contribution in [0, 0.1) is 11.3 Å². The Bertz CT molecular complexity index is 684. The van der Waals surface area contributed by atoms with Crippen LogP contribution in [0.1, 0.15) is 12.0 Å². The van der Waals surface area contributed by atoms with Gasteiger partial charge in [-0.1, -0.05) is 11.6 Å². The normalized spacial score (nSPS) is 19.5. The zero-order valence-electron chi connectivity index (χ0n) is 9.51. The molecule has 1 amide bonds. The smallest absolute Gasteiger partial charge is 0.307 e. The summed E-state index contributed by atoms with van der Waals surface area (Å²) >= 11 is 5.83. The number of anilines is 1. The van der Waals surface area contributed by atoms with Crippen LogP contribution in [0.3, 0.4) is 0 Å². The molecule has 0 saturated carbocycles. The topological polar surface area (TPSA) is 78.2 Å². The van der Waals surface area contributed by atoms with Crippen LogP contribution < -0.4 is 4.90 Å². The van der Waals surface area contributed by atoms with Gasteiger partial charge in [-0.25, -0.2) is 0 Å². The molecule has 0 radical (unpaired) electrons. The Kier molecular flexibility index (Phi) is 3.47. The zero-order chi connectivity index (χ0) is 14.2. The lowest BCUT2D eigenvalue weighted by Crippen LogP contribution is -2.26. The van der Waals surface area contributed by atoms with Crippen LogP contribution in [0.2, 0.25) is 5.02 Å². The quantitative estimate of drug-likeness (QED) is 0.778. The second-order valence-corrected chi connectivity index (χ2v) is 6.11. The molecule has 0 bridgehead atoms. The maximum atomic E-state index is 12.9. The Labute approximate surface area is 114 Å². The molecule has 0 aliphatic carbocycles. The van der Waals surface area contributed by atoms with Crippen LogP contribution in [0.5, 0.6) is 0 Å². The molecule has 1 aliphatic heterocycles. The third kappa shape index (κ3) is 2.69. The van der Waals surface area contributed by atoms with Gasteiger partial charge in [0.25, 0.3) is 0 Å². The number of rotatable bonds is 2. The monoisotopic (exact) mass is 302 g/mol. The second-order valence-electron chi connectivity index (χ2n) is 4.08. The number of benzene rings is 1. The van der Waals surface area contributed by atoms with E-state index in [0.29, 0.717) is 5.69 Å². The molecular formula is C11H8ClFN2O3S. The highest BCUT2D eigenvalue weighted by Gasteiger charge is 2.39.